The quantitative estimate of drug-likeness (QED) is 0.489. The molecule has 5 rings (SSSR count). The lowest BCUT2D eigenvalue weighted by Crippen LogP contribution is -2.48. The Hall–Kier alpha value is -3.30. The molecular weight excluding hydrogens is 442 g/mol. The summed E-state index contributed by atoms with van der Waals surface area (Å²) in [6.07, 6.45) is 1.78. The summed E-state index contributed by atoms with van der Waals surface area (Å²) in [6, 6.07) is 15.0. The highest BCUT2D eigenvalue weighted by atomic mass is 32.1. The molecule has 1 aromatic carbocycles. The average Bonchev–Trinajstić information content (AvgIpc) is 3.53. The zero-order valence-electron chi connectivity index (χ0n) is 17.2. The van der Waals surface area contributed by atoms with Crippen LogP contribution in [0.4, 0.5) is 5.13 Å². The lowest BCUT2D eigenvalue weighted by Gasteiger charge is -2.34. The molecule has 0 saturated carbocycles. The topological polar surface area (TPSA) is 78.4 Å². The van der Waals surface area contributed by atoms with Gasteiger partial charge in [0.1, 0.15) is 10.3 Å². The fourth-order valence-corrected chi connectivity index (χ4v) is 5.22. The third-order valence-corrected chi connectivity index (χ3v) is 7.30. The van der Waals surface area contributed by atoms with E-state index in [0.717, 1.165) is 34.1 Å². The van der Waals surface area contributed by atoms with Crippen molar-refractivity contribution in [3.05, 3.63) is 76.1 Å². The number of piperazine rings is 1. The summed E-state index contributed by atoms with van der Waals surface area (Å²) in [5, 5.41) is 5.74. The van der Waals surface area contributed by atoms with Crippen LogP contribution in [0.15, 0.2) is 60.1 Å². The Morgan fingerprint density at radius 3 is 2.53 bits per heavy atom. The molecule has 1 aliphatic heterocycles. The van der Waals surface area contributed by atoms with Crippen molar-refractivity contribution < 1.29 is 9.59 Å². The van der Waals surface area contributed by atoms with Gasteiger partial charge in [0.05, 0.1) is 4.88 Å². The van der Waals surface area contributed by atoms with Gasteiger partial charge in [0, 0.05) is 44.5 Å². The van der Waals surface area contributed by atoms with Crippen LogP contribution in [0.2, 0.25) is 0 Å². The molecule has 0 atom stereocenters. The molecule has 0 aliphatic carbocycles. The number of nitrogens with one attached hydrogen (secondary N) is 1. The van der Waals surface area contributed by atoms with E-state index in [2.05, 4.69) is 20.2 Å². The molecule has 0 bridgehead atoms. The molecule has 1 fully saturated rings. The fraction of sp³-hybridized carbons (Fsp3) is 0.217. The monoisotopic (exact) mass is 463 g/mol. The third-order valence-electron chi connectivity index (χ3n) is 5.39. The normalized spacial score (nSPS) is 14.0. The van der Waals surface area contributed by atoms with Crippen LogP contribution in [0, 0.1) is 0 Å². The van der Waals surface area contributed by atoms with Crippen molar-refractivity contribution >= 4 is 50.0 Å². The molecule has 0 radical (unpaired) electrons. The summed E-state index contributed by atoms with van der Waals surface area (Å²) < 4.78 is 0. The van der Waals surface area contributed by atoms with Crippen molar-refractivity contribution in [2.24, 2.45) is 0 Å². The molecule has 1 aliphatic rings. The van der Waals surface area contributed by atoms with Crippen LogP contribution in [-0.4, -0.2) is 52.9 Å². The first-order chi connectivity index (χ1) is 15.7. The highest BCUT2D eigenvalue weighted by Crippen LogP contribution is 2.27. The number of thiophene rings is 1. The Morgan fingerprint density at radius 2 is 1.81 bits per heavy atom. The first-order valence-electron chi connectivity index (χ1n) is 10.3. The number of pyridine rings is 1. The molecule has 32 heavy (non-hydrogen) atoms. The Balaban J connectivity index is 1.15. The molecule has 7 nitrogen and oxygen atoms in total. The van der Waals surface area contributed by atoms with E-state index >= 15 is 0 Å². The molecule has 1 N–H and O–H groups in total. The van der Waals surface area contributed by atoms with Crippen LogP contribution >= 0.6 is 22.7 Å². The van der Waals surface area contributed by atoms with Crippen molar-refractivity contribution in [2.45, 2.75) is 6.54 Å². The minimum absolute atomic E-state index is 0.0322. The fourth-order valence-electron chi connectivity index (χ4n) is 3.62. The highest BCUT2D eigenvalue weighted by molar-refractivity contribution is 7.21. The van der Waals surface area contributed by atoms with Gasteiger partial charge in [0.2, 0.25) is 0 Å². The van der Waals surface area contributed by atoms with Crippen LogP contribution < -0.4 is 10.2 Å². The molecule has 9 heteroatoms. The van der Waals surface area contributed by atoms with Crippen molar-refractivity contribution in [3.63, 3.8) is 0 Å². The number of thiazole rings is 1. The van der Waals surface area contributed by atoms with E-state index < -0.39 is 0 Å². The minimum atomic E-state index is -0.0815. The van der Waals surface area contributed by atoms with E-state index in [1.165, 1.54) is 11.3 Å². The SMILES string of the molecule is O=C(NCc1ccc(C(=O)N2CCN(c3nc4cccnc4s3)CC2)cc1)c1cccs1. The maximum atomic E-state index is 12.9. The first kappa shape index (κ1) is 20.6. The third kappa shape index (κ3) is 4.35. The van der Waals surface area contributed by atoms with Crippen LogP contribution in [0.25, 0.3) is 10.3 Å². The zero-order chi connectivity index (χ0) is 21.9. The second-order valence-electron chi connectivity index (χ2n) is 7.46. The van der Waals surface area contributed by atoms with Crippen molar-refractivity contribution in [3.8, 4) is 0 Å². The number of benzene rings is 1. The summed E-state index contributed by atoms with van der Waals surface area (Å²) >= 11 is 3.00. The predicted molar refractivity (Wildman–Crippen MR) is 127 cm³/mol. The smallest absolute Gasteiger partial charge is 0.261 e. The average molecular weight is 464 g/mol. The van der Waals surface area contributed by atoms with Crippen LogP contribution in [-0.2, 0) is 6.54 Å². The van der Waals surface area contributed by atoms with Crippen molar-refractivity contribution in [1.29, 1.82) is 0 Å². The van der Waals surface area contributed by atoms with E-state index in [1.807, 2.05) is 52.7 Å². The Morgan fingerprint density at radius 1 is 1.00 bits per heavy atom. The summed E-state index contributed by atoms with van der Waals surface area (Å²) in [6.45, 7) is 3.24. The Bertz CT molecular complexity index is 1200. The summed E-state index contributed by atoms with van der Waals surface area (Å²) in [5.74, 6) is -0.0493. The number of hydrogen-bond acceptors (Lipinski definition) is 7. The lowest BCUT2D eigenvalue weighted by molar-refractivity contribution is 0.0746. The van der Waals surface area contributed by atoms with Gasteiger partial charge in [-0.05, 0) is 41.3 Å². The summed E-state index contributed by atoms with van der Waals surface area (Å²) in [5.41, 5.74) is 2.54. The number of hydrogen-bond donors (Lipinski definition) is 1. The molecular formula is C23H21N5O2S2. The van der Waals surface area contributed by atoms with E-state index in [9.17, 15) is 9.59 Å². The molecule has 0 unspecified atom stereocenters. The molecule has 4 aromatic rings. The van der Waals surface area contributed by atoms with Crippen molar-refractivity contribution in [1.82, 2.24) is 20.2 Å². The predicted octanol–water partition coefficient (Wildman–Crippen LogP) is 3.65. The molecule has 4 heterocycles. The summed E-state index contributed by atoms with van der Waals surface area (Å²) in [4.78, 5) is 39.8. The van der Waals surface area contributed by atoms with Gasteiger partial charge < -0.3 is 15.1 Å². The first-order valence-corrected chi connectivity index (χ1v) is 12.0. The molecule has 1 saturated heterocycles. The van der Waals surface area contributed by atoms with E-state index in [-0.39, 0.29) is 11.8 Å². The number of aromatic nitrogens is 2. The van der Waals surface area contributed by atoms with Gasteiger partial charge in [0.15, 0.2) is 5.13 Å². The second kappa shape index (κ2) is 9.05. The number of rotatable bonds is 5. The van der Waals surface area contributed by atoms with E-state index in [0.29, 0.717) is 30.1 Å². The Kier molecular flexibility index (Phi) is 5.83. The number of nitrogens with zero attached hydrogens (tertiary/aromatic N) is 4. The largest absolute Gasteiger partial charge is 0.347 e. The maximum absolute atomic E-state index is 12.9. The van der Waals surface area contributed by atoms with E-state index in [4.69, 9.17) is 0 Å². The number of anilines is 1. The van der Waals surface area contributed by atoms with Gasteiger partial charge >= 0.3 is 0 Å². The molecule has 162 valence electrons. The number of fused-ring (bicyclic) bond motifs is 1. The zero-order valence-corrected chi connectivity index (χ0v) is 18.9. The number of carbonyl (C=O) groups excluding carboxylic acids is 2. The highest BCUT2D eigenvalue weighted by Gasteiger charge is 2.24. The van der Waals surface area contributed by atoms with E-state index in [1.54, 1.807) is 23.6 Å². The number of carbonyl (C=O) groups is 2. The standard InChI is InChI=1S/C23H21N5O2S2/c29-20(19-4-2-14-31-19)25-15-16-5-7-17(8-6-16)22(30)27-10-12-28(13-11-27)23-26-18-3-1-9-24-21(18)32-23/h1-9,14H,10-13,15H2,(H,25,29). The van der Waals surface area contributed by atoms with Crippen molar-refractivity contribution in [2.75, 3.05) is 31.1 Å². The Labute approximate surface area is 193 Å². The van der Waals surface area contributed by atoms with Crippen LogP contribution in [0.3, 0.4) is 0 Å². The number of amides is 2. The molecule has 0 spiro atoms. The lowest BCUT2D eigenvalue weighted by atomic mass is 10.1. The van der Waals surface area contributed by atoms with Gasteiger partial charge in [-0.3, -0.25) is 9.59 Å². The van der Waals surface area contributed by atoms with Gasteiger partial charge in [0.25, 0.3) is 11.8 Å². The van der Waals surface area contributed by atoms with Gasteiger partial charge in [-0.25, -0.2) is 9.97 Å². The van der Waals surface area contributed by atoms with Crippen LogP contribution in [0.5, 0.6) is 0 Å². The van der Waals surface area contributed by atoms with Gasteiger partial charge in [-0.1, -0.05) is 29.5 Å². The van der Waals surface area contributed by atoms with Gasteiger partial charge in [-0.2, -0.15) is 0 Å². The minimum Gasteiger partial charge on any atom is -0.347 e. The summed E-state index contributed by atoms with van der Waals surface area (Å²) in [7, 11) is 0. The molecule has 2 amide bonds. The maximum Gasteiger partial charge on any atom is 0.261 e. The molecule has 3 aromatic heterocycles. The second-order valence-corrected chi connectivity index (χ2v) is 9.36. The van der Waals surface area contributed by atoms with Gasteiger partial charge in [-0.15, -0.1) is 11.3 Å². The van der Waals surface area contributed by atoms with Crippen LogP contribution in [0.1, 0.15) is 25.6 Å².